The molecule has 0 bridgehead atoms. The Balaban J connectivity index is 1.77. The summed E-state index contributed by atoms with van der Waals surface area (Å²) >= 11 is 7.20. The lowest BCUT2D eigenvalue weighted by Gasteiger charge is -2.04. The van der Waals surface area contributed by atoms with Gasteiger partial charge in [0.1, 0.15) is 5.01 Å². The van der Waals surface area contributed by atoms with Crippen LogP contribution in [0.25, 0.3) is 10.6 Å². The number of anilines is 1. The van der Waals surface area contributed by atoms with E-state index in [0.29, 0.717) is 15.7 Å². The molecule has 0 fully saturated rings. The molecule has 1 amide bonds. The monoisotopic (exact) mass is 343 g/mol. The van der Waals surface area contributed by atoms with Crippen LogP contribution < -0.4 is 5.32 Å². The Labute approximate surface area is 143 Å². The minimum atomic E-state index is -0.188. The van der Waals surface area contributed by atoms with Crippen molar-refractivity contribution < 1.29 is 4.79 Å². The molecule has 1 N–H and O–H groups in total. The maximum atomic E-state index is 12.3. The van der Waals surface area contributed by atoms with Gasteiger partial charge in [0, 0.05) is 16.1 Å². The Kier molecular flexibility index (Phi) is 4.41. The molecule has 0 aliphatic heterocycles. The second kappa shape index (κ2) is 6.48. The van der Waals surface area contributed by atoms with Gasteiger partial charge in [0.2, 0.25) is 5.13 Å². The van der Waals surface area contributed by atoms with E-state index in [-0.39, 0.29) is 5.91 Å². The first-order valence-corrected chi connectivity index (χ1v) is 8.20. The maximum Gasteiger partial charge on any atom is 0.257 e. The highest BCUT2D eigenvalue weighted by Gasteiger charge is 2.12. The second-order valence-corrected chi connectivity index (χ2v) is 6.59. The Bertz CT molecular complexity index is 859. The van der Waals surface area contributed by atoms with E-state index in [9.17, 15) is 4.79 Å². The van der Waals surface area contributed by atoms with Crippen LogP contribution >= 0.6 is 22.9 Å². The van der Waals surface area contributed by atoms with Gasteiger partial charge in [-0.25, -0.2) is 0 Å². The van der Waals surface area contributed by atoms with Crippen molar-refractivity contribution in [3.8, 4) is 10.6 Å². The molecule has 1 aromatic heterocycles. The quantitative estimate of drug-likeness (QED) is 0.748. The molecule has 0 radical (unpaired) electrons. The third kappa shape index (κ3) is 3.57. The smallest absolute Gasteiger partial charge is 0.257 e. The predicted octanol–water partition coefficient (Wildman–Crippen LogP) is 4.73. The normalized spacial score (nSPS) is 10.6. The van der Waals surface area contributed by atoms with Gasteiger partial charge in [0.25, 0.3) is 5.91 Å². The maximum absolute atomic E-state index is 12.3. The summed E-state index contributed by atoms with van der Waals surface area (Å²) in [5.74, 6) is -0.188. The minimum Gasteiger partial charge on any atom is -0.296 e. The van der Waals surface area contributed by atoms with Gasteiger partial charge in [0.15, 0.2) is 0 Å². The van der Waals surface area contributed by atoms with Gasteiger partial charge in [-0.2, -0.15) is 0 Å². The number of hydrogen-bond donors (Lipinski definition) is 1. The van der Waals surface area contributed by atoms with Crippen LogP contribution in [0, 0.1) is 13.8 Å². The lowest BCUT2D eigenvalue weighted by Crippen LogP contribution is -2.12. The predicted molar refractivity (Wildman–Crippen MR) is 94.2 cm³/mol. The first-order chi connectivity index (χ1) is 11.0. The number of rotatable bonds is 3. The van der Waals surface area contributed by atoms with Crippen molar-refractivity contribution in [3.63, 3.8) is 0 Å². The molecule has 0 aliphatic carbocycles. The highest BCUT2D eigenvalue weighted by atomic mass is 35.5. The number of hydrogen-bond acceptors (Lipinski definition) is 4. The van der Waals surface area contributed by atoms with E-state index < -0.39 is 0 Å². The molecule has 3 aromatic rings. The number of nitrogens with zero attached hydrogens (tertiary/aromatic N) is 2. The van der Waals surface area contributed by atoms with Crippen molar-refractivity contribution in [3.05, 3.63) is 64.2 Å². The van der Waals surface area contributed by atoms with E-state index in [1.165, 1.54) is 11.3 Å². The highest BCUT2D eigenvalue weighted by Crippen LogP contribution is 2.27. The largest absolute Gasteiger partial charge is 0.296 e. The van der Waals surface area contributed by atoms with E-state index in [1.807, 2.05) is 38.1 Å². The molecule has 0 aliphatic rings. The van der Waals surface area contributed by atoms with Crippen LogP contribution in [0.3, 0.4) is 0 Å². The molecule has 116 valence electrons. The molecule has 4 nitrogen and oxygen atoms in total. The molecule has 23 heavy (non-hydrogen) atoms. The topological polar surface area (TPSA) is 54.9 Å². The zero-order valence-electron chi connectivity index (χ0n) is 12.6. The minimum absolute atomic E-state index is 0.188. The van der Waals surface area contributed by atoms with E-state index in [2.05, 4.69) is 15.5 Å². The lowest BCUT2D eigenvalue weighted by molar-refractivity contribution is 0.102. The zero-order chi connectivity index (χ0) is 16.4. The van der Waals surface area contributed by atoms with Gasteiger partial charge in [-0.3, -0.25) is 10.1 Å². The van der Waals surface area contributed by atoms with E-state index in [4.69, 9.17) is 11.6 Å². The number of amides is 1. The summed E-state index contributed by atoms with van der Waals surface area (Å²) in [6.45, 7) is 4.00. The standard InChI is InChI=1S/C17H14ClN3OS/c1-10-3-4-13(9-11(10)2)15(22)19-17-21-20-16(23-17)12-5-7-14(18)8-6-12/h3-9H,1-2H3,(H,19,21,22). The number of carbonyl (C=O) groups excluding carboxylic acids is 1. The molecular weight excluding hydrogens is 330 g/mol. The fraction of sp³-hybridized carbons (Fsp3) is 0.118. The molecule has 6 heteroatoms. The third-order valence-corrected chi connectivity index (χ3v) is 4.65. The van der Waals surface area contributed by atoms with E-state index in [0.717, 1.165) is 21.7 Å². The summed E-state index contributed by atoms with van der Waals surface area (Å²) in [5.41, 5.74) is 3.76. The van der Waals surface area contributed by atoms with Gasteiger partial charge < -0.3 is 0 Å². The number of halogens is 1. The summed E-state index contributed by atoms with van der Waals surface area (Å²) < 4.78 is 0. The molecule has 3 rings (SSSR count). The molecule has 0 saturated heterocycles. The first kappa shape index (κ1) is 15.6. The average molecular weight is 344 g/mol. The van der Waals surface area contributed by atoms with Gasteiger partial charge in [-0.05, 0) is 49.2 Å². The van der Waals surface area contributed by atoms with Crippen LogP contribution in [0.5, 0.6) is 0 Å². The summed E-state index contributed by atoms with van der Waals surface area (Å²) in [6, 6.07) is 12.9. The van der Waals surface area contributed by atoms with Crippen molar-refractivity contribution >= 4 is 34.0 Å². The zero-order valence-corrected chi connectivity index (χ0v) is 14.2. The Morgan fingerprint density at radius 1 is 1.04 bits per heavy atom. The van der Waals surface area contributed by atoms with E-state index >= 15 is 0 Å². The molecule has 0 unspecified atom stereocenters. The molecular formula is C17H14ClN3OS. The number of aryl methyl sites for hydroxylation is 2. The van der Waals surface area contributed by atoms with Gasteiger partial charge in [0.05, 0.1) is 0 Å². The molecule has 0 spiro atoms. The second-order valence-electron chi connectivity index (χ2n) is 5.17. The molecule has 0 atom stereocenters. The van der Waals surface area contributed by atoms with Gasteiger partial charge in [-0.1, -0.05) is 41.1 Å². The van der Waals surface area contributed by atoms with Crippen molar-refractivity contribution in [2.24, 2.45) is 0 Å². The van der Waals surface area contributed by atoms with Crippen molar-refractivity contribution in [2.45, 2.75) is 13.8 Å². The van der Waals surface area contributed by atoms with Gasteiger partial charge >= 0.3 is 0 Å². The van der Waals surface area contributed by atoms with Crippen LogP contribution in [0.1, 0.15) is 21.5 Å². The first-order valence-electron chi connectivity index (χ1n) is 7.01. The number of aromatic nitrogens is 2. The van der Waals surface area contributed by atoms with Crippen LogP contribution in [0.4, 0.5) is 5.13 Å². The van der Waals surface area contributed by atoms with Crippen LogP contribution in [0.15, 0.2) is 42.5 Å². The fourth-order valence-electron chi connectivity index (χ4n) is 2.03. The summed E-state index contributed by atoms with van der Waals surface area (Å²) in [6.07, 6.45) is 0. The number of nitrogens with one attached hydrogen (secondary N) is 1. The average Bonchev–Trinajstić information content (AvgIpc) is 2.99. The van der Waals surface area contributed by atoms with Crippen molar-refractivity contribution in [1.82, 2.24) is 10.2 Å². The number of benzene rings is 2. The summed E-state index contributed by atoms with van der Waals surface area (Å²) in [7, 11) is 0. The van der Waals surface area contributed by atoms with Crippen LogP contribution in [-0.4, -0.2) is 16.1 Å². The molecule has 2 aromatic carbocycles. The highest BCUT2D eigenvalue weighted by molar-refractivity contribution is 7.18. The van der Waals surface area contributed by atoms with Gasteiger partial charge in [-0.15, -0.1) is 10.2 Å². The summed E-state index contributed by atoms with van der Waals surface area (Å²) in [5, 5.41) is 12.8. The van der Waals surface area contributed by atoms with Crippen molar-refractivity contribution in [1.29, 1.82) is 0 Å². The summed E-state index contributed by atoms with van der Waals surface area (Å²) in [4.78, 5) is 12.3. The van der Waals surface area contributed by atoms with E-state index in [1.54, 1.807) is 18.2 Å². The van der Waals surface area contributed by atoms with Crippen LogP contribution in [0.2, 0.25) is 5.02 Å². The fourth-order valence-corrected chi connectivity index (χ4v) is 2.90. The Morgan fingerprint density at radius 2 is 1.78 bits per heavy atom. The molecule has 1 heterocycles. The Hall–Kier alpha value is -2.24. The SMILES string of the molecule is Cc1ccc(C(=O)Nc2nnc(-c3ccc(Cl)cc3)s2)cc1C. The number of carbonyl (C=O) groups is 1. The van der Waals surface area contributed by atoms with Crippen LogP contribution in [-0.2, 0) is 0 Å². The lowest BCUT2D eigenvalue weighted by atomic mass is 10.1. The third-order valence-electron chi connectivity index (χ3n) is 3.51. The molecule has 0 saturated carbocycles. The Morgan fingerprint density at radius 3 is 2.48 bits per heavy atom. The van der Waals surface area contributed by atoms with Crippen molar-refractivity contribution in [2.75, 3.05) is 5.32 Å².